The van der Waals surface area contributed by atoms with Crippen molar-refractivity contribution < 1.29 is 14.3 Å². The van der Waals surface area contributed by atoms with Crippen molar-refractivity contribution in [1.29, 1.82) is 0 Å². The number of rotatable bonds is 5. The summed E-state index contributed by atoms with van der Waals surface area (Å²) in [4.78, 5) is 28.7. The highest BCUT2D eigenvalue weighted by Crippen LogP contribution is 2.23. The number of para-hydroxylation sites is 1. The largest absolute Gasteiger partial charge is 0.378 e. The molecule has 0 spiro atoms. The standard InChI is InChI=1S/C20H27N3O3/c1-15(2)12-23-13-17(16-6-4-5-7-18(16)23)20(25)21(3)14-19(24)22-8-10-26-11-9-22/h4-7,13,15H,8-12,14H2,1-3H3. The summed E-state index contributed by atoms with van der Waals surface area (Å²) < 4.78 is 7.41. The summed E-state index contributed by atoms with van der Waals surface area (Å²) in [5.74, 6) is 0.328. The van der Waals surface area contributed by atoms with E-state index in [0.717, 1.165) is 17.4 Å². The molecule has 2 heterocycles. The second-order valence-electron chi connectivity index (χ2n) is 7.26. The average molecular weight is 357 g/mol. The third-order valence-electron chi connectivity index (χ3n) is 4.66. The lowest BCUT2D eigenvalue weighted by Crippen LogP contribution is -2.46. The van der Waals surface area contributed by atoms with Crippen molar-refractivity contribution in [3.8, 4) is 0 Å². The summed E-state index contributed by atoms with van der Waals surface area (Å²) in [6.45, 7) is 7.56. The second-order valence-corrected chi connectivity index (χ2v) is 7.26. The van der Waals surface area contributed by atoms with Crippen LogP contribution in [0.4, 0.5) is 0 Å². The number of amides is 2. The number of nitrogens with zero attached hydrogens (tertiary/aromatic N) is 3. The molecule has 0 bridgehead atoms. The molecule has 1 saturated heterocycles. The lowest BCUT2D eigenvalue weighted by Gasteiger charge is -2.28. The van der Waals surface area contributed by atoms with Crippen LogP contribution in [0.25, 0.3) is 10.9 Å². The van der Waals surface area contributed by atoms with Crippen molar-refractivity contribution >= 4 is 22.7 Å². The monoisotopic (exact) mass is 357 g/mol. The van der Waals surface area contributed by atoms with Gasteiger partial charge in [0.05, 0.1) is 25.3 Å². The normalized spacial score (nSPS) is 14.8. The van der Waals surface area contributed by atoms with E-state index in [4.69, 9.17) is 4.74 Å². The Morgan fingerprint density at radius 1 is 1.19 bits per heavy atom. The van der Waals surface area contributed by atoms with Crippen LogP contribution in [0.1, 0.15) is 24.2 Å². The number of benzene rings is 1. The first-order valence-corrected chi connectivity index (χ1v) is 9.16. The number of hydrogen-bond acceptors (Lipinski definition) is 3. The number of aromatic nitrogens is 1. The average Bonchev–Trinajstić information content (AvgIpc) is 2.99. The zero-order chi connectivity index (χ0) is 18.7. The highest BCUT2D eigenvalue weighted by Gasteiger charge is 2.23. The van der Waals surface area contributed by atoms with Crippen molar-refractivity contribution in [3.05, 3.63) is 36.0 Å². The lowest BCUT2D eigenvalue weighted by molar-refractivity contribution is -0.135. The molecule has 140 valence electrons. The number of carbonyl (C=O) groups is 2. The summed E-state index contributed by atoms with van der Waals surface area (Å²) in [7, 11) is 1.69. The molecular formula is C20H27N3O3. The van der Waals surface area contributed by atoms with E-state index in [2.05, 4.69) is 18.4 Å². The lowest BCUT2D eigenvalue weighted by atomic mass is 10.1. The first kappa shape index (κ1) is 18.5. The van der Waals surface area contributed by atoms with E-state index in [-0.39, 0.29) is 18.4 Å². The number of carbonyl (C=O) groups excluding carboxylic acids is 2. The van der Waals surface area contributed by atoms with Gasteiger partial charge in [0.25, 0.3) is 5.91 Å². The molecule has 1 aromatic heterocycles. The Bertz CT molecular complexity index is 791. The van der Waals surface area contributed by atoms with Gasteiger partial charge in [0.15, 0.2) is 0 Å². The van der Waals surface area contributed by atoms with Gasteiger partial charge in [0.1, 0.15) is 0 Å². The molecule has 2 amide bonds. The van der Waals surface area contributed by atoms with Gasteiger partial charge in [0, 0.05) is 43.8 Å². The van der Waals surface area contributed by atoms with Gasteiger partial charge < -0.3 is 19.1 Å². The summed E-state index contributed by atoms with van der Waals surface area (Å²) in [5, 5.41) is 0.934. The second kappa shape index (κ2) is 7.91. The Kier molecular flexibility index (Phi) is 5.61. The number of likely N-dealkylation sites (N-methyl/N-ethyl adjacent to an activating group) is 1. The molecule has 0 N–H and O–H groups in total. The molecule has 0 unspecified atom stereocenters. The molecule has 0 atom stereocenters. The maximum atomic E-state index is 13.0. The van der Waals surface area contributed by atoms with Crippen molar-refractivity contribution in [2.75, 3.05) is 39.9 Å². The Labute approximate surface area is 154 Å². The van der Waals surface area contributed by atoms with Crippen molar-refractivity contribution in [1.82, 2.24) is 14.4 Å². The van der Waals surface area contributed by atoms with Crippen LogP contribution in [0.15, 0.2) is 30.5 Å². The van der Waals surface area contributed by atoms with Crippen molar-refractivity contribution in [2.24, 2.45) is 5.92 Å². The molecular weight excluding hydrogens is 330 g/mol. The topological polar surface area (TPSA) is 54.8 Å². The van der Waals surface area contributed by atoms with Crippen LogP contribution in [0.5, 0.6) is 0 Å². The van der Waals surface area contributed by atoms with Crippen molar-refractivity contribution in [2.45, 2.75) is 20.4 Å². The Morgan fingerprint density at radius 2 is 1.88 bits per heavy atom. The third kappa shape index (κ3) is 3.90. The molecule has 1 aliphatic rings. The fourth-order valence-corrected chi connectivity index (χ4v) is 3.35. The van der Waals surface area contributed by atoms with Gasteiger partial charge in [-0.1, -0.05) is 32.0 Å². The summed E-state index contributed by atoms with van der Waals surface area (Å²) in [6, 6.07) is 7.93. The van der Waals surface area contributed by atoms with Gasteiger partial charge in [-0.3, -0.25) is 9.59 Å². The van der Waals surface area contributed by atoms with Crippen LogP contribution >= 0.6 is 0 Å². The number of morpholine rings is 1. The third-order valence-corrected chi connectivity index (χ3v) is 4.66. The van der Waals surface area contributed by atoms with Crippen LogP contribution in [0.3, 0.4) is 0 Å². The van der Waals surface area contributed by atoms with Crippen LogP contribution in [0.2, 0.25) is 0 Å². The SMILES string of the molecule is CC(C)Cn1cc(C(=O)N(C)CC(=O)N2CCOCC2)c2ccccc21. The van der Waals surface area contributed by atoms with E-state index in [1.807, 2.05) is 30.5 Å². The molecule has 1 aromatic carbocycles. The molecule has 6 heteroatoms. The van der Waals surface area contributed by atoms with E-state index < -0.39 is 0 Å². The van der Waals surface area contributed by atoms with Gasteiger partial charge in [0.2, 0.25) is 5.91 Å². The van der Waals surface area contributed by atoms with Crippen LogP contribution < -0.4 is 0 Å². The molecule has 0 radical (unpaired) electrons. The van der Waals surface area contributed by atoms with E-state index in [0.29, 0.717) is 37.8 Å². The van der Waals surface area contributed by atoms with E-state index in [1.54, 1.807) is 11.9 Å². The summed E-state index contributed by atoms with van der Waals surface area (Å²) >= 11 is 0. The molecule has 0 aliphatic carbocycles. The molecule has 26 heavy (non-hydrogen) atoms. The minimum Gasteiger partial charge on any atom is -0.378 e. The Hall–Kier alpha value is -2.34. The van der Waals surface area contributed by atoms with Crippen molar-refractivity contribution in [3.63, 3.8) is 0 Å². The van der Waals surface area contributed by atoms with Crippen LogP contribution in [-0.4, -0.2) is 66.1 Å². The maximum Gasteiger partial charge on any atom is 0.256 e. The van der Waals surface area contributed by atoms with Crippen LogP contribution in [0, 0.1) is 5.92 Å². The van der Waals surface area contributed by atoms with E-state index >= 15 is 0 Å². The summed E-state index contributed by atoms with van der Waals surface area (Å²) in [5.41, 5.74) is 1.70. The summed E-state index contributed by atoms with van der Waals surface area (Å²) in [6.07, 6.45) is 1.92. The quantitative estimate of drug-likeness (QED) is 0.825. The van der Waals surface area contributed by atoms with Gasteiger partial charge in [-0.05, 0) is 12.0 Å². The predicted octanol–water partition coefficient (Wildman–Crippen LogP) is 2.23. The molecule has 6 nitrogen and oxygen atoms in total. The van der Waals surface area contributed by atoms with Gasteiger partial charge in [-0.15, -0.1) is 0 Å². The zero-order valence-electron chi connectivity index (χ0n) is 15.8. The Morgan fingerprint density at radius 3 is 2.58 bits per heavy atom. The highest BCUT2D eigenvalue weighted by molar-refractivity contribution is 6.07. The fraction of sp³-hybridized carbons (Fsp3) is 0.500. The molecule has 2 aromatic rings. The zero-order valence-corrected chi connectivity index (χ0v) is 15.8. The number of fused-ring (bicyclic) bond motifs is 1. The van der Waals surface area contributed by atoms with E-state index in [9.17, 15) is 9.59 Å². The molecule has 3 rings (SSSR count). The molecule has 0 saturated carbocycles. The highest BCUT2D eigenvalue weighted by atomic mass is 16.5. The Balaban J connectivity index is 1.79. The first-order valence-electron chi connectivity index (χ1n) is 9.16. The molecule has 1 fully saturated rings. The number of hydrogen-bond donors (Lipinski definition) is 0. The smallest absolute Gasteiger partial charge is 0.256 e. The number of ether oxygens (including phenoxy) is 1. The minimum absolute atomic E-state index is 0.0323. The maximum absolute atomic E-state index is 13.0. The van der Waals surface area contributed by atoms with Gasteiger partial charge >= 0.3 is 0 Å². The molecule has 1 aliphatic heterocycles. The predicted molar refractivity (Wildman–Crippen MR) is 101 cm³/mol. The minimum atomic E-state index is -0.120. The van der Waals surface area contributed by atoms with Crippen LogP contribution in [-0.2, 0) is 16.1 Å². The van der Waals surface area contributed by atoms with Gasteiger partial charge in [-0.25, -0.2) is 0 Å². The van der Waals surface area contributed by atoms with Gasteiger partial charge in [-0.2, -0.15) is 0 Å². The fourth-order valence-electron chi connectivity index (χ4n) is 3.35. The first-order chi connectivity index (χ1) is 12.5. The van der Waals surface area contributed by atoms with E-state index in [1.165, 1.54) is 4.90 Å².